The molecule has 1 aromatic carbocycles. The quantitative estimate of drug-likeness (QED) is 0.483. The third kappa shape index (κ3) is 6.85. The monoisotopic (exact) mass is 478 g/mol. The van der Waals surface area contributed by atoms with Crippen LogP contribution in [0.5, 0.6) is 5.75 Å². The molecule has 0 bridgehead atoms. The second kappa shape index (κ2) is 11.4. The SMILES string of the molecule is Cc1cc(-c2nnn(C[C@H]3CC[C@H](CO)CC3)n2)cc(C(=O)NCc2cccc(OC(C)C)c2)n1. The number of rotatable bonds is 9. The van der Waals surface area contributed by atoms with Gasteiger partial charge in [-0.25, -0.2) is 4.98 Å². The summed E-state index contributed by atoms with van der Waals surface area (Å²) in [6.45, 7) is 7.15. The Balaban J connectivity index is 1.39. The third-order valence-corrected chi connectivity index (χ3v) is 6.27. The van der Waals surface area contributed by atoms with Gasteiger partial charge in [0.15, 0.2) is 0 Å². The average molecular weight is 479 g/mol. The van der Waals surface area contributed by atoms with Crippen LogP contribution in [-0.4, -0.2) is 48.9 Å². The molecule has 0 radical (unpaired) electrons. The van der Waals surface area contributed by atoms with Crippen LogP contribution >= 0.6 is 0 Å². The molecule has 35 heavy (non-hydrogen) atoms. The van der Waals surface area contributed by atoms with Crippen LogP contribution in [0.2, 0.25) is 0 Å². The van der Waals surface area contributed by atoms with E-state index in [0.29, 0.717) is 47.7 Å². The Bertz CT molecular complexity index is 1140. The van der Waals surface area contributed by atoms with E-state index in [4.69, 9.17) is 4.74 Å². The van der Waals surface area contributed by atoms with E-state index in [9.17, 15) is 9.90 Å². The van der Waals surface area contributed by atoms with E-state index < -0.39 is 0 Å². The fourth-order valence-corrected chi connectivity index (χ4v) is 4.45. The van der Waals surface area contributed by atoms with Crippen LogP contribution in [0.4, 0.5) is 0 Å². The maximum atomic E-state index is 12.9. The number of carbonyl (C=O) groups excluding carboxylic acids is 1. The number of nitrogens with one attached hydrogen (secondary N) is 1. The van der Waals surface area contributed by atoms with Gasteiger partial charge < -0.3 is 15.2 Å². The van der Waals surface area contributed by atoms with E-state index in [-0.39, 0.29) is 18.6 Å². The molecule has 0 saturated heterocycles. The highest BCUT2D eigenvalue weighted by Crippen LogP contribution is 2.29. The smallest absolute Gasteiger partial charge is 0.270 e. The lowest BCUT2D eigenvalue weighted by Gasteiger charge is -2.26. The van der Waals surface area contributed by atoms with Gasteiger partial charge in [-0.3, -0.25) is 4.79 Å². The second-order valence-corrected chi connectivity index (χ2v) is 9.62. The fourth-order valence-electron chi connectivity index (χ4n) is 4.45. The minimum absolute atomic E-state index is 0.0858. The van der Waals surface area contributed by atoms with Crippen LogP contribution in [0, 0.1) is 18.8 Å². The number of hydrogen-bond donors (Lipinski definition) is 2. The second-order valence-electron chi connectivity index (χ2n) is 9.62. The van der Waals surface area contributed by atoms with Gasteiger partial charge >= 0.3 is 0 Å². The Kier molecular flexibility index (Phi) is 8.07. The summed E-state index contributed by atoms with van der Waals surface area (Å²) in [5.41, 5.74) is 2.68. The number of aliphatic hydroxyl groups excluding tert-OH is 1. The van der Waals surface area contributed by atoms with E-state index in [1.165, 1.54) is 0 Å². The van der Waals surface area contributed by atoms with E-state index in [1.807, 2.05) is 51.1 Å². The lowest BCUT2D eigenvalue weighted by molar-refractivity contribution is 0.0945. The molecule has 1 amide bonds. The Morgan fingerprint density at radius 2 is 1.94 bits per heavy atom. The zero-order valence-electron chi connectivity index (χ0n) is 20.6. The van der Waals surface area contributed by atoms with Crippen molar-refractivity contribution < 1.29 is 14.6 Å². The van der Waals surface area contributed by atoms with E-state index in [2.05, 4.69) is 25.7 Å². The van der Waals surface area contributed by atoms with Crippen LogP contribution < -0.4 is 10.1 Å². The van der Waals surface area contributed by atoms with Crippen LogP contribution in [0.15, 0.2) is 36.4 Å². The summed E-state index contributed by atoms with van der Waals surface area (Å²) < 4.78 is 5.73. The van der Waals surface area contributed by atoms with Crippen molar-refractivity contribution in [3.63, 3.8) is 0 Å². The number of benzene rings is 1. The first-order chi connectivity index (χ1) is 16.9. The standard InChI is InChI=1S/C26H34N6O3/c1-17(2)35-23-6-4-5-21(12-23)14-27-26(34)24-13-22(11-18(3)28-24)25-29-31-32(30-25)15-19-7-9-20(16-33)10-8-19/h4-6,11-13,17,19-20,33H,7-10,14-16H2,1-3H3,(H,27,34)/t19-,20-. The molecule has 2 aromatic heterocycles. The van der Waals surface area contributed by atoms with E-state index >= 15 is 0 Å². The number of pyridine rings is 1. The Hall–Kier alpha value is -3.33. The van der Waals surface area contributed by atoms with Gasteiger partial charge in [-0.05, 0) is 93.3 Å². The topological polar surface area (TPSA) is 115 Å². The number of aryl methyl sites for hydroxylation is 1. The fraction of sp³-hybridized carbons (Fsp3) is 0.500. The molecular formula is C26H34N6O3. The van der Waals surface area contributed by atoms with Gasteiger partial charge in [-0.15, -0.1) is 10.2 Å². The van der Waals surface area contributed by atoms with Gasteiger partial charge in [-0.2, -0.15) is 4.80 Å². The van der Waals surface area contributed by atoms with Gasteiger partial charge in [0.05, 0.1) is 12.6 Å². The summed E-state index contributed by atoms with van der Waals surface area (Å²) >= 11 is 0. The Morgan fingerprint density at radius 1 is 1.17 bits per heavy atom. The van der Waals surface area contributed by atoms with Crippen LogP contribution in [0.3, 0.4) is 0 Å². The molecule has 0 spiro atoms. The van der Waals surface area contributed by atoms with Gasteiger partial charge in [0, 0.05) is 24.4 Å². The zero-order chi connectivity index (χ0) is 24.8. The van der Waals surface area contributed by atoms with E-state index in [0.717, 1.165) is 37.0 Å². The van der Waals surface area contributed by atoms with Crippen molar-refractivity contribution in [3.05, 3.63) is 53.3 Å². The number of nitrogens with zero attached hydrogens (tertiary/aromatic N) is 5. The summed E-state index contributed by atoms with van der Waals surface area (Å²) in [6, 6.07) is 11.2. The molecule has 9 heteroatoms. The van der Waals surface area contributed by atoms with Crippen molar-refractivity contribution in [2.45, 2.75) is 65.6 Å². The maximum Gasteiger partial charge on any atom is 0.270 e. The first-order valence-corrected chi connectivity index (χ1v) is 12.3. The summed E-state index contributed by atoms with van der Waals surface area (Å²) in [4.78, 5) is 18.9. The molecule has 0 atom stereocenters. The van der Waals surface area contributed by atoms with Crippen molar-refractivity contribution in [2.75, 3.05) is 6.61 Å². The highest BCUT2D eigenvalue weighted by Gasteiger charge is 2.22. The van der Waals surface area contributed by atoms with Crippen molar-refractivity contribution in [2.24, 2.45) is 11.8 Å². The Morgan fingerprint density at radius 3 is 2.69 bits per heavy atom. The molecule has 186 valence electrons. The van der Waals surface area contributed by atoms with Gasteiger partial charge in [-0.1, -0.05) is 12.1 Å². The molecule has 2 heterocycles. The number of amides is 1. The normalized spacial score (nSPS) is 18.0. The molecule has 0 aliphatic heterocycles. The third-order valence-electron chi connectivity index (χ3n) is 6.27. The lowest BCUT2D eigenvalue weighted by atomic mass is 9.82. The molecule has 1 saturated carbocycles. The predicted octanol–water partition coefficient (Wildman–Crippen LogP) is 3.56. The van der Waals surface area contributed by atoms with Gasteiger partial charge in [0.1, 0.15) is 11.4 Å². The van der Waals surface area contributed by atoms with Crippen LogP contribution in [0.1, 0.15) is 61.3 Å². The molecule has 1 aliphatic carbocycles. The summed E-state index contributed by atoms with van der Waals surface area (Å²) in [5, 5.41) is 25.3. The van der Waals surface area contributed by atoms with Crippen molar-refractivity contribution in [1.82, 2.24) is 30.5 Å². The Labute approximate surface area is 205 Å². The number of tetrazole rings is 1. The molecule has 3 aromatic rings. The van der Waals surface area contributed by atoms with Crippen molar-refractivity contribution in [3.8, 4) is 17.1 Å². The van der Waals surface area contributed by atoms with Crippen LogP contribution in [-0.2, 0) is 13.1 Å². The largest absolute Gasteiger partial charge is 0.491 e. The molecule has 1 aliphatic rings. The van der Waals surface area contributed by atoms with Gasteiger partial charge in [0.2, 0.25) is 5.82 Å². The van der Waals surface area contributed by atoms with Crippen LogP contribution in [0.25, 0.3) is 11.4 Å². The maximum absolute atomic E-state index is 12.9. The lowest BCUT2D eigenvalue weighted by Crippen LogP contribution is -2.24. The number of aliphatic hydroxyl groups is 1. The number of aromatic nitrogens is 5. The molecule has 1 fully saturated rings. The van der Waals surface area contributed by atoms with Crippen molar-refractivity contribution in [1.29, 1.82) is 0 Å². The zero-order valence-corrected chi connectivity index (χ0v) is 20.6. The molecular weight excluding hydrogens is 444 g/mol. The minimum atomic E-state index is -0.266. The first kappa shape index (κ1) is 24.8. The highest BCUT2D eigenvalue weighted by molar-refractivity contribution is 5.93. The first-order valence-electron chi connectivity index (χ1n) is 12.3. The number of carbonyl (C=O) groups is 1. The summed E-state index contributed by atoms with van der Waals surface area (Å²) in [6.07, 6.45) is 4.29. The van der Waals surface area contributed by atoms with Gasteiger partial charge in [0.25, 0.3) is 5.91 Å². The number of ether oxygens (including phenoxy) is 1. The molecule has 2 N–H and O–H groups in total. The molecule has 4 rings (SSSR count). The van der Waals surface area contributed by atoms with E-state index in [1.54, 1.807) is 10.9 Å². The summed E-state index contributed by atoms with van der Waals surface area (Å²) in [7, 11) is 0. The highest BCUT2D eigenvalue weighted by atomic mass is 16.5. The minimum Gasteiger partial charge on any atom is -0.491 e. The summed E-state index contributed by atoms with van der Waals surface area (Å²) in [5.74, 6) is 1.90. The molecule has 0 unspecified atom stereocenters. The molecule has 9 nitrogen and oxygen atoms in total. The predicted molar refractivity (Wildman–Crippen MR) is 132 cm³/mol. The average Bonchev–Trinajstić information content (AvgIpc) is 3.31. The number of hydrogen-bond acceptors (Lipinski definition) is 7. The van der Waals surface area contributed by atoms with Crippen molar-refractivity contribution >= 4 is 5.91 Å².